The lowest BCUT2D eigenvalue weighted by Crippen LogP contribution is -2.49. The molecule has 1 fully saturated rings. The first-order valence-electron chi connectivity index (χ1n) is 6.88. The van der Waals surface area contributed by atoms with Gasteiger partial charge in [-0.25, -0.2) is 4.79 Å². The molecule has 0 saturated carbocycles. The highest BCUT2D eigenvalue weighted by Gasteiger charge is 2.32. The molecule has 0 radical (unpaired) electrons. The molecule has 2 unspecified atom stereocenters. The minimum Gasteiger partial charge on any atom is -0.449 e. The quantitative estimate of drug-likeness (QED) is 0.832. The fraction of sp³-hybridized carbons (Fsp3) is 0.857. The van der Waals surface area contributed by atoms with Gasteiger partial charge in [0, 0.05) is 18.9 Å². The first-order valence-corrected chi connectivity index (χ1v) is 6.88. The number of rotatable bonds is 5. The van der Waals surface area contributed by atoms with E-state index in [0.717, 1.165) is 13.0 Å². The van der Waals surface area contributed by atoms with E-state index in [2.05, 4.69) is 5.32 Å². The van der Waals surface area contributed by atoms with E-state index < -0.39 is 12.1 Å². The Morgan fingerprint density at radius 3 is 2.58 bits per heavy atom. The number of ketones is 1. The summed E-state index contributed by atoms with van der Waals surface area (Å²) in [7, 11) is 0. The first-order chi connectivity index (χ1) is 8.84. The van der Waals surface area contributed by atoms with Gasteiger partial charge in [0.2, 0.25) is 0 Å². The highest BCUT2D eigenvalue weighted by Crippen LogP contribution is 2.21. The lowest BCUT2D eigenvalue weighted by Gasteiger charge is -2.29. The number of ether oxygens (including phenoxy) is 2. The largest absolute Gasteiger partial charge is 0.449 e. The molecule has 1 N–H and O–H groups in total. The molecule has 5 nitrogen and oxygen atoms in total. The van der Waals surface area contributed by atoms with Crippen molar-refractivity contribution in [3.8, 4) is 0 Å². The van der Waals surface area contributed by atoms with Gasteiger partial charge >= 0.3 is 6.09 Å². The van der Waals surface area contributed by atoms with E-state index in [1.54, 1.807) is 6.92 Å². The maximum Gasteiger partial charge on any atom is 0.407 e. The molecule has 0 aromatic rings. The number of hydrogen-bond donors (Lipinski definition) is 1. The van der Waals surface area contributed by atoms with E-state index in [4.69, 9.17) is 9.47 Å². The molecule has 1 amide bonds. The molecule has 0 aromatic carbocycles. The molecule has 1 rings (SSSR count). The molecule has 1 aliphatic rings. The van der Waals surface area contributed by atoms with Crippen molar-refractivity contribution >= 4 is 11.9 Å². The predicted octanol–water partition coefficient (Wildman–Crippen LogP) is 2.14. The lowest BCUT2D eigenvalue weighted by molar-refractivity contribution is -0.123. The summed E-state index contributed by atoms with van der Waals surface area (Å²) in [6.45, 7) is 9.30. The SMILES string of the molecule is CCC(=O)C(NC(=O)OCC1CCOC1)C(C)(C)C. The molecule has 0 aliphatic carbocycles. The topological polar surface area (TPSA) is 64.6 Å². The van der Waals surface area contributed by atoms with Gasteiger partial charge in [0.05, 0.1) is 19.3 Å². The van der Waals surface area contributed by atoms with Gasteiger partial charge in [-0.15, -0.1) is 0 Å². The van der Waals surface area contributed by atoms with Crippen LogP contribution in [-0.4, -0.2) is 37.7 Å². The molecular weight excluding hydrogens is 246 g/mol. The summed E-state index contributed by atoms with van der Waals surface area (Å²) in [4.78, 5) is 23.6. The Hall–Kier alpha value is -1.10. The molecule has 0 aromatic heterocycles. The van der Waals surface area contributed by atoms with Crippen LogP contribution < -0.4 is 5.32 Å². The van der Waals surface area contributed by atoms with Crippen LogP contribution in [0.15, 0.2) is 0 Å². The second kappa shape index (κ2) is 6.89. The first kappa shape index (κ1) is 16.0. The average molecular weight is 271 g/mol. The molecule has 1 aliphatic heterocycles. The molecule has 0 bridgehead atoms. The fourth-order valence-electron chi connectivity index (χ4n) is 2.05. The van der Waals surface area contributed by atoms with E-state index in [1.165, 1.54) is 0 Å². The molecule has 2 atom stereocenters. The number of nitrogens with one attached hydrogen (secondary N) is 1. The van der Waals surface area contributed by atoms with Gasteiger partial charge in [-0.1, -0.05) is 27.7 Å². The van der Waals surface area contributed by atoms with Crippen LogP contribution in [-0.2, 0) is 14.3 Å². The van der Waals surface area contributed by atoms with Crippen molar-refractivity contribution in [1.82, 2.24) is 5.32 Å². The second-order valence-corrected chi connectivity index (χ2v) is 6.09. The number of Topliss-reactive ketones (excluding diaryl/α,β-unsaturated/α-hetero) is 1. The van der Waals surface area contributed by atoms with Crippen LogP contribution in [0.3, 0.4) is 0 Å². The van der Waals surface area contributed by atoms with Gasteiger partial charge < -0.3 is 14.8 Å². The second-order valence-electron chi connectivity index (χ2n) is 6.09. The van der Waals surface area contributed by atoms with Crippen LogP contribution in [0.5, 0.6) is 0 Å². The van der Waals surface area contributed by atoms with Crippen molar-refractivity contribution in [3.05, 3.63) is 0 Å². The summed E-state index contributed by atoms with van der Waals surface area (Å²) in [5.41, 5.74) is -0.317. The average Bonchev–Trinajstić information content (AvgIpc) is 2.84. The highest BCUT2D eigenvalue weighted by atomic mass is 16.6. The van der Waals surface area contributed by atoms with Crippen molar-refractivity contribution in [2.45, 2.75) is 46.6 Å². The standard InChI is InChI=1S/C14H25NO4/c1-5-11(16)12(14(2,3)4)15-13(17)19-9-10-6-7-18-8-10/h10,12H,5-9H2,1-4H3,(H,15,17). The van der Waals surface area contributed by atoms with Gasteiger partial charge in [-0.05, 0) is 11.8 Å². The van der Waals surface area contributed by atoms with Gasteiger partial charge in [0.15, 0.2) is 5.78 Å². The van der Waals surface area contributed by atoms with E-state index in [1.807, 2.05) is 20.8 Å². The van der Waals surface area contributed by atoms with Crippen LogP contribution >= 0.6 is 0 Å². The lowest BCUT2D eigenvalue weighted by atomic mass is 9.83. The number of carbonyl (C=O) groups excluding carboxylic acids is 2. The third-order valence-electron chi connectivity index (χ3n) is 3.27. The zero-order valence-corrected chi connectivity index (χ0v) is 12.3. The summed E-state index contributed by atoms with van der Waals surface area (Å²) >= 11 is 0. The monoisotopic (exact) mass is 271 g/mol. The molecule has 5 heteroatoms. The Labute approximate surface area is 115 Å². The van der Waals surface area contributed by atoms with Crippen molar-refractivity contribution in [1.29, 1.82) is 0 Å². The summed E-state index contributed by atoms with van der Waals surface area (Å²) in [6.07, 6.45) is 0.802. The van der Waals surface area contributed by atoms with Crippen molar-refractivity contribution in [2.24, 2.45) is 11.3 Å². The van der Waals surface area contributed by atoms with Crippen LogP contribution in [0, 0.1) is 11.3 Å². The van der Waals surface area contributed by atoms with Gasteiger partial charge in [0.1, 0.15) is 0 Å². The van der Waals surface area contributed by atoms with Crippen LogP contribution in [0.25, 0.3) is 0 Å². The summed E-state index contributed by atoms with van der Waals surface area (Å²) < 4.78 is 10.4. The number of carbonyl (C=O) groups is 2. The van der Waals surface area contributed by atoms with Crippen molar-refractivity contribution < 1.29 is 19.1 Å². The Morgan fingerprint density at radius 1 is 1.42 bits per heavy atom. The third kappa shape index (κ3) is 5.19. The molecular formula is C14H25NO4. The molecule has 19 heavy (non-hydrogen) atoms. The highest BCUT2D eigenvalue weighted by molar-refractivity contribution is 5.87. The van der Waals surface area contributed by atoms with E-state index in [9.17, 15) is 9.59 Å². The fourth-order valence-corrected chi connectivity index (χ4v) is 2.05. The van der Waals surface area contributed by atoms with E-state index in [0.29, 0.717) is 19.6 Å². The zero-order chi connectivity index (χ0) is 14.5. The molecule has 1 heterocycles. The van der Waals surface area contributed by atoms with Crippen LogP contribution in [0.4, 0.5) is 4.79 Å². The molecule has 0 spiro atoms. The minimum atomic E-state index is -0.520. The number of amides is 1. The predicted molar refractivity (Wildman–Crippen MR) is 72.0 cm³/mol. The van der Waals surface area contributed by atoms with E-state index >= 15 is 0 Å². The smallest absolute Gasteiger partial charge is 0.407 e. The Morgan fingerprint density at radius 2 is 2.11 bits per heavy atom. The van der Waals surface area contributed by atoms with Crippen LogP contribution in [0.1, 0.15) is 40.5 Å². The molecule has 110 valence electrons. The van der Waals surface area contributed by atoms with Gasteiger partial charge in [-0.2, -0.15) is 0 Å². The maximum atomic E-state index is 11.9. The van der Waals surface area contributed by atoms with Crippen LogP contribution in [0.2, 0.25) is 0 Å². The molecule has 1 saturated heterocycles. The Kier molecular flexibility index (Phi) is 5.79. The number of alkyl carbamates (subject to hydrolysis) is 1. The van der Waals surface area contributed by atoms with Crippen molar-refractivity contribution in [3.63, 3.8) is 0 Å². The third-order valence-corrected chi connectivity index (χ3v) is 3.27. The van der Waals surface area contributed by atoms with Crippen molar-refractivity contribution in [2.75, 3.05) is 19.8 Å². The Balaban J connectivity index is 2.44. The zero-order valence-electron chi connectivity index (χ0n) is 12.3. The minimum absolute atomic E-state index is 0.0219. The van der Waals surface area contributed by atoms with E-state index in [-0.39, 0.29) is 17.1 Å². The summed E-state index contributed by atoms with van der Waals surface area (Å²) in [6, 6.07) is -0.509. The summed E-state index contributed by atoms with van der Waals surface area (Å²) in [5, 5.41) is 2.68. The Bertz CT molecular complexity index is 316. The number of hydrogen-bond acceptors (Lipinski definition) is 4. The van der Waals surface area contributed by atoms with Gasteiger partial charge in [0.25, 0.3) is 0 Å². The summed E-state index contributed by atoms with van der Waals surface area (Å²) in [5.74, 6) is 0.300. The van der Waals surface area contributed by atoms with Gasteiger partial charge in [-0.3, -0.25) is 4.79 Å². The normalized spacial score (nSPS) is 20.9. The maximum absolute atomic E-state index is 11.9.